The number of rotatable bonds is 5. The number of nitro benzene ring substituents is 1. The normalized spacial score (nSPS) is 11.7. The van der Waals surface area contributed by atoms with Crippen LogP contribution in [0.15, 0.2) is 35.5 Å². The fourth-order valence-electron chi connectivity index (χ4n) is 1.64. The molecular weight excluding hydrogens is 320 g/mol. The summed E-state index contributed by atoms with van der Waals surface area (Å²) in [6.45, 7) is 1.67. The van der Waals surface area contributed by atoms with Crippen LogP contribution in [0.25, 0.3) is 0 Å². The van der Waals surface area contributed by atoms with Crippen molar-refractivity contribution in [2.75, 3.05) is 16.8 Å². The summed E-state index contributed by atoms with van der Waals surface area (Å²) in [5, 5.41) is 13.0. The van der Waals surface area contributed by atoms with Gasteiger partial charge in [-0.1, -0.05) is 11.8 Å². The van der Waals surface area contributed by atoms with E-state index in [1.54, 1.807) is 6.92 Å². The monoisotopic (exact) mass is 334 g/mol. The zero-order valence-corrected chi connectivity index (χ0v) is 12.9. The fourth-order valence-corrected chi connectivity index (χ4v) is 2.44. The summed E-state index contributed by atoms with van der Waals surface area (Å²) in [6, 6.07) is 6.97. The Balaban J connectivity index is 2.00. The molecule has 1 aromatic carbocycles. The lowest BCUT2D eigenvalue weighted by Gasteiger charge is -2.11. The number of nitrogens with two attached hydrogens (primary N) is 2. The van der Waals surface area contributed by atoms with Crippen LogP contribution in [0.4, 0.5) is 23.0 Å². The lowest BCUT2D eigenvalue weighted by atomic mass is 10.3. The number of anilines is 3. The van der Waals surface area contributed by atoms with Gasteiger partial charge < -0.3 is 16.8 Å². The van der Waals surface area contributed by atoms with Crippen molar-refractivity contribution in [2.24, 2.45) is 0 Å². The largest absolute Gasteiger partial charge is 0.383 e. The molecule has 1 amide bonds. The number of non-ortho nitro benzene ring substituents is 1. The molecule has 0 aliphatic carbocycles. The van der Waals surface area contributed by atoms with Gasteiger partial charge in [0.1, 0.15) is 11.6 Å². The molecule has 1 atom stereocenters. The highest BCUT2D eigenvalue weighted by atomic mass is 32.2. The van der Waals surface area contributed by atoms with Crippen molar-refractivity contribution in [1.82, 2.24) is 9.97 Å². The zero-order chi connectivity index (χ0) is 17.0. The van der Waals surface area contributed by atoms with Crippen LogP contribution >= 0.6 is 11.8 Å². The van der Waals surface area contributed by atoms with E-state index in [1.165, 1.54) is 30.3 Å². The van der Waals surface area contributed by atoms with Crippen molar-refractivity contribution in [3.8, 4) is 0 Å². The first kappa shape index (κ1) is 16.5. The second kappa shape index (κ2) is 6.92. The van der Waals surface area contributed by atoms with E-state index >= 15 is 0 Å². The Kier molecular flexibility index (Phi) is 4.96. The molecule has 1 heterocycles. The number of hydrogen-bond donors (Lipinski definition) is 3. The summed E-state index contributed by atoms with van der Waals surface area (Å²) in [5.41, 5.74) is 11.6. The fraction of sp³-hybridized carbons (Fsp3) is 0.154. The molecule has 0 bridgehead atoms. The van der Waals surface area contributed by atoms with Crippen LogP contribution in [0.2, 0.25) is 0 Å². The number of nitrogens with one attached hydrogen (secondary N) is 1. The highest BCUT2D eigenvalue weighted by Gasteiger charge is 2.17. The van der Waals surface area contributed by atoms with E-state index in [4.69, 9.17) is 11.5 Å². The second-order valence-electron chi connectivity index (χ2n) is 4.55. The van der Waals surface area contributed by atoms with E-state index in [-0.39, 0.29) is 23.2 Å². The molecule has 120 valence electrons. The van der Waals surface area contributed by atoms with Crippen LogP contribution < -0.4 is 16.8 Å². The topological polar surface area (TPSA) is 150 Å². The SMILES string of the molecule is CC(Sc1nc(N)cc(N)n1)C(=O)Nc1ccc([N+](=O)[O-])cc1. The quantitative estimate of drug-likeness (QED) is 0.323. The van der Waals surface area contributed by atoms with Crippen molar-refractivity contribution >= 4 is 40.7 Å². The Bertz CT molecular complexity index is 717. The Labute approximate surface area is 135 Å². The van der Waals surface area contributed by atoms with Crippen LogP contribution in [0.5, 0.6) is 0 Å². The Hall–Kier alpha value is -2.88. The predicted octanol–water partition coefficient (Wildman–Crippen LogP) is 1.67. The number of nitrogens with zero attached hydrogens (tertiary/aromatic N) is 3. The van der Waals surface area contributed by atoms with E-state index in [0.717, 1.165) is 11.8 Å². The summed E-state index contributed by atoms with van der Waals surface area (Å²) >= 11 is 1.10. The Morgan fingerprint density at radius 1 is 1.26 bits per heavy atom. The molecule has 2 aromatic rings. The smallest absolute Gasteiger partial charge is 0.269 e. The maximum atomic E-state index is 12.1. The molecule has 5 N–H and O–H groups in total. The van der Waals surface area contributed by atoms with Gasteiger partial charge in [-0.15, -0.1) is 0 Å². The van der Waals surface area contributed by atoms with Crippen molar-refractivity contribution in [3.63, 3.8) is 0 Å². The predicted molar refractivity (Wildman–Crippen MR) is 87.9 cm³/mol. The molecule has 23 heavy (non-hydrogen) atoms. The van der Waals surface area contributed by atoms with Crippen LogP contribution in [-0.4, -0.2) is 26.0 Å². The summed E-state index contributed by atoms with van der Waals surface area (Å²) < 4.78 is 0. The molecular formula is C13H14N6O3S. The summed E-state index contributed by atoms with van der Waals surface area (Å²) in [4.78, 5) is 30.2. The molecule has 0 spiro atoms. The molecule has 1 aromatic heterocycles. The van der Waals surface area contributed by atoms with E-state index < -0.39 is 10.2 Å². The van der Waals surface area contributed by atoms with Gasteiger partial charge in [-0.2, -0.15) is 0 Å². The van der Waals surface area contributed by atoms with Gasteiger partial charge in [0.25, 0.3) is 5.69 Å². The van der Waals surface area contributed by atoms with Crippen LogP contribution in [0, 0.1) is 10.1 Å². The number of hydrogen-bond acceptors (Lipinski definition) is 8. The highest BCUT2D eigenvalue weighted by molar-refractivity contribution is 8.00. The lowest BCUT2D eigenvalue weighted by molar-refractivity contribution is -0.384. The van der Waals surface area contributed by atoms with Gasteiger partial charge in [0, 0.05) is 23.9 Å². The molecule has 10 heteroatoms. The molecule has 9 nitrogen and oxygen atoms in total. The summed E-state index contributed by atoms with van der Waals surface area (Å²) in [5.74, 6) is 0.152. The second-order valence-corrected chi connectivity index (χ2v) is 5.86. The van der Waals surface area contributed by atoms with E-state index in [2.05, 4.69) is 15.3 Å². The van der Waals surface area contributed by atoms with Crippen molar-refractivity contribution in [2.45, 2.75) is 17.3 Å². The first-order valence-electron chi connectivity index (χ1n) is 6.47. The average molecular weight is 334 g/mol. The van der Waals surface area contributed by atoms with Crippen LogP contribution in [0.3, 0.4) is 0 Å². The Morgan fingerprint density at radius 3 is 2.35 bits per heavy atom. The van der Waals surface area contributed by atoms with E-state index in [1.807, 2.05) is 0 Å². The van der Waals surface area contributed by atoms with Crippen LogP contribution in [0.1, 0.15) is 6.92 Å². The minimum atomic E-state index is -0.508. The molecule has 0 fully saturated rings. The summed E-state index contributed by atoms with van der Waals surface area (Å²) in [6.07, 6.45) is 0. The van der Waals surface area contributed by atoms with Gasteiger partial charge in [-0.05, 0) is 19.1 Å². The third kappa shape index (κ3) is 4.54. The van der Waals surface area contributed by atoms with Crippen molar-refractivity contribution in [3.05, 3.63) is 40.4 Å². The third-order valence-corrected chi connectivity index (χ3v) is 3.70. The van der Waals surface area contributed by atoms with Gasteiger partial charge in [-0.25, -0.2) is 9.97 Å². The first-order valence-corrected chi connectivity index (χ1v) is 7.35. The molecule has 0 saturated carbocycles. The van der Waals surface area contributed by atoms with Gasteiger partial charge in [0.2, 0.25) is 5.91 Å². The number of thioether (sulfide) groups is 1. The maximum Gasteiger partial charge on any atom is 0.269 e. The Morgan fingerprint density at radius 2 is 1.83 bits per heavy atom. The molecule has 0 saturated heterocycles. The number of nitrogen functional groups attached to an aromatic ring is 2. The van der Waals surface area contributed by atoms with E-state index in [0.29, 0.717) is 10.8 Å². The molecule has 1 unspecified atom stereocenters. The third-order valence-electron chi connectivity index (χ3n) is 2.74. The molecule has 0 radical (unpaired) electrons. The number of carbonyl (C=O) groups excluding carboxylic acids is 1. The van der Waals surface area contributed by atoms with Gasteiger partial charge in [-0.3, -0.25) is 14.9 Å². The number of benzene rings is 1. The highest BCUT2D eigenvalue weighted by Crippen LogP contribution is 2.23. The van der Waals surface area contributed by atoms with Crippen LogP contribution in [-0.2, 0) is 4.79 Å². The van der Waals surface area contributed by atoms with Gasteiger partial charge in [0.15, 0.2) is 5.16 Å². The van der Waals surface area contributed by atoms with Crippen molar-refractivity contribution < 1.29 is 9.72 Å². The number of amides is 1. The minimum Gasteiger partial charge on any atom is -0.383 e. The van der Waals surface area contributed by atoms with Gasteiger partial charge >= 0.3 is 0 Å². The number of nitro groups is 1. The molecule has 2 rings (SSSR count). The minimum absolute atomic E-state index is 0.0472. The number of carbonyl (C=O) groups is 1. The maximum absolute atomic E-state index is 12.1. The van der Waals surface area contributed by atoms with E-state index in [9.17, 15) is 14.9 Å². The van der Waals surface area contributed by atoms with Gasteiger partial charge in [0.05, 0.1) is 10.2 Å². The summed E-state index contributed by atoms with van der Waals surface area (Å²) in [7, 11) is 0. The molecule has 0 aliphatic heterocycles. The zero-order valence-electron chi connectivity index (χ0n) is 12.1. The van der Waals surface area contributed by atoms with Crippen molar-refractivity contribution in [1.29, 1.82) is 0 Å². The molecule has 0 aliphatic rings. The standard InChI is InChI=1S/C13H14N6O3S/c1-7(23-13-17-10(14)6-11(15)18-13)12(20)16-8-2-4-9(5-3-8)19(21)22/h2-7H,1H3,(H,16,20)(H4,14,15,17,18). The lowest BCUT2D eigenvalue weighted by Crippen LogP contribution is -2.22. The first-order chi connectivity index (χ1) is 10.8. The number of aromatic nitrogens is 2. The average Bonchev–Trinajstić information content (AvgIpc) is 2.46.